The number of benzene rings is 1. The summed E-state index contributed by atoms with van der Waals surface area (Å²) in [5.41, 5.74) is 2.82. The van der Waals surface area contributed by atoms with E-state index in [0.717, 1.165) is 56.1 Å². The van der Waals surface area contributed by atoms with Crippen LogP contribution in [-0.2, 0) is 4.74 Å². The van der Waals surface area contributed by atoms with Gasteiger partial charge in [0.15, 0.2) is 0 Å². The standard InChI is InChI=1S/C19H24N4O2/c1-14-3-4-17(23-8-2-7-20-23)11-18(14)21-19(24)22-9-5-15(12-22)16-6-10-25-13-16/h2-4,7-8,11,15-16H,5-6,9-10,12-13H2,1H3,(H,21,24)/t15-,16+/m0/s1. The number of carbonyl (C=O) groups is 1. The van der Waals surface area contributed by atoms with E-state index in [1.807, 2.05) is 42.3 Å². The molecule has 0 aliphatic carbocycles. The minimum absolute atomic E-state index is 0.0119. The third kappa shape index (κ3) is 3.39. The first-order valence-electron chi connectivity index (χ1n) is 8.95. The molecular weight excluding hydrogens is 316 g/mol. The third-order valence-corrected chi connectivity index (χ3v) is 5.38. The van der Waals surface area contributed by atoms with Crippen molar-refractivity contribution in [3.8, 4) is 5.69 Å². The van der Waals surface area contributed by atoms with Gasteiger partial charge in [0.2, 0.25) is 0 Å². The van der Waals surface area contributed by atoms with E-state index in [4.69, 9.17) is 4.74 Å². The normalized spacial score (nSPS) is 23.2. The number of anilines is 1. The van der Waals surface area contributed by atoms with Crippen LogP contribution in [0.3, 0.4) is 0 Å². The Kier molecular flexibility index (Phi) is 4.44. The largest absolute Gasteiger partial charge is 0.381 e. The van der Waals surface area contributed by atoms with Gasteiger partial charge in [-0.1, -0.05) is 6.07 Å². The molecule has 2 aromatic rings. The lowest BCUT2D eigenvalue weighted by Gasteiger charge is -2.20. The second-order valence-electron chi connectivity index (χ2n) is 7.00. The molecule has 3 heterocycles. The molecule has 25 heavy (non-hydrogen) atoms. The van der Waals surface area contributed by atoms with E-state index in [-0.39, 0.29) is 6.03 Å². The van der Waals surface area contributed by atoms with E-state index in [2.05, 4.69) is 10.4 Å². The fourth-order valence-electron chi connectivity index (χ4n) is 3.78. The first-order chi connectivity index (χ1) is 12.2. The number of amides is 2. The molecule has 0 bridgehead atoms. The summed E-state index contributed by atoms with van der Waals surface area (Å²) in [6.45, 7) is 5.38. The van der Waals surface area contributed by atoms with Crippen molar-refractivity contribution in [1.29, 1.82) is 0 Å². The summed E-state index contributed by atoms with van der Waals surface area (Å²) in [5, 5.41) is 7.33. The number of hydrogen-bond donors (Lipinski definition) is 1. The van der Waals surface area contributed by atoms with Crippen LogP contribution < -0.4 is 5.32 Å². The fourth-order valence-corrected chi connectivity index (χ4v) is 3.78. The maximum atomic E-state index is 12.7. The van der Waals surface area contributed by atoms with Crippen LogP contribution in [0.25, 0.3) is 5.69 Å². The van der Waals surface area contributed by atoms with Crippen molar-refractivity contribution in [1.82, 2.24) is 14.7 Å². The Balaban J connectivity index is 1.43. The first-order valence-corrected chi connectivity index (χ1v) is 8.95. The van der Waals surface area contributed by atoms with Gasteiger partial charge in [0.05, 0.1) is 5.69 Å². The summed E-state index contributed by atoms with van der Waals surface area (Å²) < 4.78 is 7.29. The Hall–Kier alpha value is -2.34. The monoisotopic (exact) mass is 340 g/mol. The van der Waals surface area contributed by atoms with Gasteiger partial charge in [0, 0.05) is 44.4 Å². The molecule has 4 rings (SSSR count). The van der Waals surface area contributed by atoms with Gasteiger partial charge in [-0.25, -0.2) is 9.48 Å². The molecule has 2 amide bonds. The summed E-state index contributed by atoms with van der Waals surface area (Å²) in [7, 11) is 0. The number of ether oxygens (including phenoxy) is 1. The molecule has 2 aliphatic heterocycles. The number of aryl methyl sites for hydroxylation is 1. The van der Waals surface area contributed by atoms with Crippen molar-refractivity contribution in [2.75, 3.05) is 31.6 Å². The average Bonchev–Trinajstić information content (AvgIpc) is 3.37. The molecule has 1 N–H and O–H groups in total. The number of nitrogens with zero attached hydrogens (tertiary/aromatic N) is 3. The molecule has 1 aromatic carbocycles. The molecule has 6 heteroatoms. The van der Waals surface area contributed by atoms with E-state index in [1.54, 1.807) is 10.9 Å². The molecule has 2 saturated heterocycles. The maximum absolute atomic E-state index is 12.7. The summed E-state index contributed by atoms with van der Waals surface area (Å²) in [5.74, 6) is 1.19. The highest BCUT2D eigenvalue weighted by atomic mass is 16.5. The number of likely N-dealkylation sites (tertiary alicyclic amines) is 1. The minimum Gasteiger partial charge on any atom is -0.381 e. The fraction of sp³-hybridized carbons (Fsp3) is 0.474. The van der Waals surface area contributed by atoms with Crippen LogP contribution in [0.15, 0.2) is 36.7 Å². The van der Waals surface area contributed by atoms with Gasteiger partial charge in [-0.3, -0.25) is 0 Å². The number of rotatable bonds is 3. The molecule has 2 atom stereocenters. The Labute approximate surface area is 147 Å². The predicted octanol–water partition coefficient (Wildman–Crippen LogP) is 3.07. The van der Waals surface area contributed by atoms with E-state index >= 15 is 0 Å². The molecule has 0 radical (unpaired) electrons. The molecule has 2 fully saturated rings. The second kappa shape index (κ2) is 6.88. The SMILES string of the molecule is Cc1ccc(-n2cccn2)cc1NC(=O)N1CC[C@H]([C@@H]2CCOC2)C1. The summed E-state index contributed by atoms with van der Waals surface area (Å²) in [6.07, 6.45) is 5.85. The highest BCUT2D eigenvalue weighted by Gasteiger charge is 2.33. The summed E-state index contributed by atoms with van der Waals surface area (Å²) in [4.78, 5) is 14.6. The zero-order valence-corrected chi connectivity index (χ0v) is 14.5. The van der Waals surface area contributed by atoms with Gasteiger partial charge in [-0.2, -0.15) is 5.10 Å². The lowest BCUT2D eigenvalue weighted by molar-refractivity contribution is 0.171. The summed E-state index contributed by atoms with van der Waals surface area (Å²) in [6, 6.07) is 7.86. The van der Waals surface area contributed by atoms with E-state index in [9.17, 15) is 4.79 Å². The average molecular weight is 340 g/mol. The predicted molar refractivity (Wildman–Crippen MR) is 95.9 cm³/mol. The van der Waals surface area contributed by atoms with Gasteiger partial charge in [0.1, 0.15) is 0 Å². The third-order valence-electron chi connectivity index (χ3n) is 5.38. The number of urea groups is 1. The second-order valence-corrected chi connectivity index (χ2v) is 7.00. The topological polar surface area (TPSA) is 59.4 Å². The van der Waals surface area contributed by atoms with E-state index in [1.165, 1.54) is 0 Å². The molecule has 0 unspecified atom stereocenters. The first kappa shape index (κ1) is 16.1. The molecule has 2 aliphatic rings. The van der Waals surface area contributed by atoms with Crippen molar-refractivity contribution < 1.29 is 9.53 Å². The highest BCUT2D eigenvalue weighted by Crippen LogP contribution is 2.30. The van der Waals surface area contributed by atoms with Crippen LogP contribution in [0, 0.1) is 18.8 Å². The van der Waals surface area contributed by atoms with Gasteiger partial charge in [-0.05, 0) is 55.4 Å². The Morgan fingerprint density at radius 1 is 1.32 bits per heavy atom. The molecule has 0 spiro atoms. The molecular formula is C19H24N4O2. The van der Waals surface area contributed by atoms with Crippen LogP contribution in [0.5, 0.6) is 0 Å². The van der Waals surface area contributed by atoms with Gasteiger partial charge in [0.25, 0.3) is 0 Å². The van der Waals surface area contributed by atoms with Crippen LogP contribution in [0.4, 0.5) is 10.5 Å². The van der Waals surface area contributed by atoms with Crippen LogP contribution in [0.1, 0.15) is 18.4 Å². The lowest BCUT2D eigenvalue weighted by Crippen LogP contribution is -2.34. The quantitative estimate of drug-likeness (QED) is 0.934. The van der Waals surface area contributed by atoms with Gasteiger partial charge < -0.3 is 15.0 Å². The van der Waals surface area contributed by atoms with Gasteiger partial charge >= 0.3 is 6.03 Å². The smallest absolute Gasteiger partial charge is 0.321 e. The number of aromatic nitrogens is 2. The number of carbonyl (C=O) groups excluding carboxylic acids is 1. The lowest BCUT2D eigenvalue weighted by atomic mass is 9.91. The van der Waals surface area contributed by atoms with Crippen LogP contribution in [0.2, 0.25) is 0 Å². The molecule has 1 aromatic heterocycles. The van der Waals surface area contributed by atoms with Crippen LogP contribution in [-0.4, -0.2) is 47.0 Å². The maximum Gasteiger partial charge on any atom is 0.321 e. The Morgan fingerprint density at radius 2 is 2.24 bits per heavy atom. The Morgan fingerprint density at radius 3 is 3.00 bits per heavy atom. The molecule has 132 valence electrons. The zero-order valence-electron chi connectivity index (χ0n) is 14.5. The van der Waals surface area contributed by atoms with Gasteiger partial charge in [-0.15, -0.1) is 0 Å². The summed E-state index contributed by atoms with van der Waals surface area (Å²) >= 11 is 0. The van der Waals surface area contributed by atoms with Crippen molar-refractivity contribution in [3.63, 3.8) is 0 Å². The highest BCUT2D eigenvalue weighted by molar-refractivity contribution is 5.90. The minimum atomic E-state index is -0.0119. The number of nitrogens with one attached hydrogen (secondary N) is 1. The van der Waals surface area contributed by atoms with Crippen molar-refractivity contribution >= 4 is 11.7 Å². The van der Waals surface area contributed by atoms with E-state index < -0.39 is 0 Å². The number of hydrogen-bond acceptors (Lipinski definition) is 3. The van der Waals surface area contributed by atoms with Crippen molar-refractivity contribution in [2.45, 2.75) is 19.8 Å². The van der Waals surface area contributed by atoms with E-state index in [0.29, 0.717) is 11.8 Å². The zero-order chi connectivity index (χ0) is 17.2. The van der Waals surface area contributed by atoms with Crippen LogP contribution >= 0.6 is 0 Å². The molecule has 6 nitrogen and oxygen atoms in total. The van der Waals surface area contributed by atoms with Crippen molar-refractivity contribution in [3.05, 3.63) is 42.2 Å². The van der Waals surface area contributed by atoms with Crippen molar-refractivity contribution in [2.24, 2.45) is 11.8 Å². The Bertz CT molecular complexity index is 738. The molecule has 0 saturated carbocycles.